The Kier molecular flexibility index (Phi) is 8.96. The van der Waals surface area contributed by atoms with Crippen LogP contribution in [-0.4, -0.2) is 35.7 Å². The van der Waals surface area contributed by atoms with Crippen LogP contribution in [0.3, 0.4) is 0 Å². The summed E-state index contributed by atoms with van der Waals surface area (Å²) in [6.07, 6.45) is -0.00646. The van der Waals surface area contributed by atoms with Gasteiger partial charge in [0.05, 0.1) is 0 Å². The van der Waals surface area contributed by atoms with Gasteiger partial charge >= 0.3 is 12.1 Å². The molecule has 0 aliphatic heterocycles. The lowest BCUT2D eigenvalue weighted by Crippen LogP contribution is -2.54. The molecule has 2 amide bonds. The Labute approximate surface area is 167 Å². The summed E-state index contributed by atoms with van der Waals surface area (Å²) < 4.78 is 10.5. The van der Waals surface area contributed by atoms with Crippen molar-refractivity contribution in [2.24, 2.45) is 5.92 Å². The Bertz CT molecular complexity index is 655. The first-order valence-corrected chi connectivity index (χ1v) is 9.54. The molecule has 0 heterocycles. The maximum atomic E-state index is 12.6. The Morgan fingerprint density at radius 3 is 2.18 bits per heavy atom. The van der Waals surface area contributed by atoms with Crippen LogP contribution in [0.15, 0.2) is 30.3 Å². The molecule has 0 saturated heterocycles. The van der Waals surface area contributed by atoms with Crippen LogP contribution in [0.4, 0.5) is 4.79 Å². The van der Waals surface area contributed by atoms with Crippen molar-refractivity contribution in [3.8, 4) is 0 Å². The molecule has 1 aromatic carbocycles. The Morgan fingerprint density at radius 2 is 1.64 bits per heavy atom. The van der Waals surface area contributed by atoms with Gasteiger partial charge in [0, 0.05) is 0 Å². The second-order valence-electron chi connectivity index (χ2n) is 7.83. The van der Waals surface area contributed by atoms with Gasteiger partial charge < -0.3 is 20.1 Å². The number of esters is 1. The van der Waals surface area contributed by atoms with E-state index in [9.17, 15) is 14.4 Å². The van der Waals surface area contributed by atoms with Crippen LogP contribution in [0.2, 0.25) is 0 Å². The summed E-state index contributed by atoms with van der Waals surface area (Å²) in [7, 11) is 0. The first-order chi connectivity index (χ1) is 13.0. The number of alkyl carbamates (subject to hydrolysis) is 1. The van der Waals surface area contributed by atoms with Gasteiger partial charge in [0.25, 0.3) is 0 Å². The van der Waals surface area contributed by atoms with Crippen molar-refractivity contribution in [3.63, 3.8) is 0 Å². The lowest BCUT2D eigenvalue weighted by molar-refractivity contribution is -0.148. The molecular formula is C21H32N2O5. The highest BCUT2D eigenvalue weighted by atomic mass is 16.6. The van der Waals surface area contributed by atoms with Crippen molar-refractivity contribution in [3.05, 3.63) is 35.9 Å². The van der Waals surface area contributed by atoms with E-state index in [0.29, 0.717) is 6.42 Å². The van der Waals surface area contributed by atoms with Gasteiger partial charge in [0.15, 0.2) is 0 Å². The van der Waals surface area contributed by atoms with E-state index in [1.807, 2.05) is 44.2 Å². The molecule has 0 radical (unpaired) electrons. The van der Waals surface area contributed by atoms with E-state index in [0.717, 1.165) is 5.56 Å². The number of carbonyl (C=O) groups is 3. The zero-order valence-corrected chi connectivity index (χ0v) is 17.6. The summed E-state index contributed by atoms with van der Waals surface area (Å²) in [6.45, 7) is 10.7. The van der Waals surface area contributed by atoms with Crippen molar-refractivity contribution in [1.29, 1.82) is 0 Å². The van der Waals surface area contributed by atoms with Crippen LogP contribution >= 0.6 is 0 Å². The van der Waals surface area contributed by atoms with Crippen LogP contribution in [-0.2, 0) is 25.7 Å². The lowest BCUT2D eigenvalue weighted by Gasteiger charge is -2.27. The van der Waals surface area contributed by atoms with Crippen LogP contribution < -0.4 is 10.6 Å². The molecule has 1 aromatic rings. The van der Waals surface area contributed by atoms with Gasteiger partial charge in [0.2, 0.25) is 5.91 Å². The molecule has 0 fully saturated rings. The first kappa shape index (κ1) is 23.5. The summed E-state index contributed by atoms with van der Waals surface area (Å²) in [5.41, 5.74) is 0.188. The number of hydrogen-bond donors (Lipinski definition) is 2. The zero-order valence-electron chi connectivity index (χ0n) is 17.6. The minimum absolute atomic E-state index is 0.130. The Hall–Kier alpha value is -2.57. The molecule has 0 bridgehead atoms. The summed E-state index contributed by atoms with van der Waals surface area (Å²) in [4.78, 5) is 36.9. The van der Waals surface area contributed by atoms with E-state index in [-0.39, 0.29) is 12.5 Å². The van der Waals surface area contributed by atoms with Crippen molar-refractivity contribution in [1.82, 2.24) is 10.6 Å². The summed E-state index contributed by atoms with van der Waals surface area (Å²) >= 11 is 0. The normalized spacial score (nSPS) is 14.4. The second-order valence-corrected chi connectivity index (χ2v) is 7.83. The number of benzene rings is 1. The molecule has 0 unspecified atom stereocenters. The minimum Gasteiger partial charge on any atom is -0.459 e. The fourth-order valence-electron chi connectivity index (χ4n) is 2.35. The molecule has 2 N–H and O–H groups in total. The van der Waals surface area contributed by atoms with Crippen LogP contribution in [0.1, 0.15) is 53.5 Å². The number of hydrogen-bond acceptors (Lipinski definition) is 5. The largest absolute Gasteiger partial charge is 0.459 e. The molecule has 3 atom stereocenters. The van der Waals surface area contributed by atoms with Crippen molar-refractivity contribution < 1.29 is 23.9 Å². The van der Waals surface area contributed by atoms with E-state index in [4.69, 9.17) is 9.47 Å². The summed E-state index contributed by atoms with van der Waals surface area (Å²) in [6, 6.07) is 7.62. The van der Waals surface area contributed by atoms with Crippen molar-refractivity contribution in [2.75, 3.05) is 0 Å². The van der Waals surface area contributed by atoms with E-state index in [1.165, 1.54) is 0 Å². The molecule has 0 aliphatic rings. The average molecular weight is 392 g/mol. The minimum atomic E-state index is -0.844. The average Bonchev–Trinajstić information content (AvgIpc) is 2.62. The molecule has 0 saturated carbocycles. The monoisotopic (exact) mass is 392 g/mol. The lowest BCUT2D eigenvalue weighted by atomic mass is 9.98. The van der Waals surface area contributed by atoms with Crippen molar-refractivity contribution >= 4 is 18.0 Å². The third-order valence-electron chi connectivity index (χ3n) is 4.10. The fourth-order valence-corrected chi connectivity index (χ4v) is 2.35. The van der Waals surface area contributed by atoms with Gasteiger partial charge in [-0.2, -0.15) is 0 Å². The SMILES string of the molecule is CC[C@H](C)[C@H](NC(=O)OC(C)(C)C)C(=O)N[C@@H](C)C(=O)OCc1ccccc1. The zero-order chi connectivity index (χ0) is 21.3. The maximum absolute atomic E-state index is 12.6. The first-order valence-electron chi connectivity index (χ1n) is 9.54. The molecule has 7 heteroatoms. The molecular weight excluding hydrogens is 360 g/mol. The number of rotatable bonds is 8. The molecule has 0 spiro atoms. The summed E-state index contributed by atoms with van der Waals surface area (Å²) in [5.74, 6) is -1.14. The Morgan fingerprint density at radius 1 is 1.04 bits per heavy atom. The van der Waals surface area contributed by atoms with E-state index in [2.05, 4.69) is 10.6 Å². The van der Waals surface area contributed by atoms with Gasteiger partial charge in [-0.3, -0.25) is 4.79 Å². The van der Waals surface area contributed by atoms with Crippen LogP contribution in [0.25, 0.3) is 0 Å². The number of amides is 2. The van der Waals surface area contributed by atoms with Gasteiger partial charge in [-0.15, -0.1) is 0 Å². The molecule has 156 valence electrons. The number of nitrogens with one attached hydrogen (secondary N) is 2. The van der Waals surface area contributed by atoms with Gasteiger partial charge in [-0.1, -0.05) is 50.6 Å². The fraction of sp³-hybridized carbons (Fsp3) is 0.571. The third kappa shape index (κ3) is 8.41. The highest BCUT2D eigenvalue weighted by Gasteiger charge is 2.30. The molecule has 0 aliphatic carbocycles. The van der Waals surface area contributed by atoms with E-state index >= 15 is 0 Å². The van der Waals surface area contributed by atoms with Gasteiger partial charge in [0.1, 0.15) is 24.3 Å². The summed E-state index contributed by atoms with van der Waals surface area (Å²) in [5, 5.41) is 5.22. The standard InChI is InChI=1S/C21H32N2O5/c1-7-14(2)17(23-20(26)28-21(4,5)6)18(24)22-15(3)19(25)27-13-16-11-9-8-10-12-16/h8-12,14-15,17H,7,13H2,1-6H3,(H,22,24)(H,23,26)/t14-,15-,17-/m0/s1. The van der Waals surface area contributed by atoms with Gasteiger partial charge in [-0.05, 0) is 39.2 Å². The second kappa shape index (κ2) is 10.7. The highest BCUT2D eigenvalue weighted by molar-refractivity contribution is 5.89. The van der Waals surface area contributed by atoms with Crippen LogP contribution in [0, 0.1) is 5.92 Å². The predicted octanol–water partition coefficient (Wildman–Crippen LogP) is 3.17. The molecule has 1 rings (SSSR count). The highest BCUT2D eigenvalue weighted by Crippen LogP contribution is 2.12. The maximum Gasteiger partial charge on any atom is 0.408 e. The smallest absolute Gasteiger partial charge is 0.408 e. The van der Waals surface area contributed by atoms with E-state index in [1.54, 1.807) is 27.7 Å². The van der Waals surface area contributed by atoms with Gasteiger partial charge in [-0.25, -0.2) is 9.59 Å². The predicted molar refractivity (Wildman–Crippen MR) is 106 cm³/mol. The number of ether oxygens (including phenoxy) is 2. The molecule has 0 aromatic heterocycles. The van der Waals surface area contributed by atoms with Crippen molar-refractivity contribution in [2.45, 2.75) is 72.3 Å². The number of carbonyl (C=O) groups excluding carboxylic acids is 3. The third-order valence-corrected chi connectivity index (χ3v) is 4.10. The van der Waals surface area contributed by atoms with E-state index < -0.39 is 35.7 Å². The molecule has 7 nitrogen and oxygen atoms in total. The topological polar surface area (TPSA) is 93.7 Å². The van der Waals surface area contributed by atoms with Crippen LogP contribution in [0.5, 0.6) is 0 Å². The molecule has 28 heavy (non-hydrogen) atoms. The Balaban J connectivity index is 2.64. The quantitative estimate of drug-likeness (QED) is 0.663.